The largest absolute Gasteiger partial charge is 0.378 e. The molecule has 0 bridgehead atoms. The second kappa shape index (κ2) is 9.03. The van der Waals surface area contributed by atoms with Gasteiger partial charge in [0.15, 0.2) is 9.84 Å². The molecule has 4 aromatic rings. The van der Waals surface area contributed by atoms with Gasteiger partial charge in [0.1, 0.15) is 5.65 Å². The second-order valence-corrected chi connectivity index (χ2v) is 11.8. The van der Waals surface area contributed by atoms with Crippen LogP contribution in [0.15, 0.2) is 71.9 Å². The molecule has 0 spiro atoms. The first-order valence-corrected chi connectivity index (χ1v) is 14.2. The highest BCUT2D eigenvalue weighted by molar-refractivity contribution is 7.90. The lowest BCUT2D eigenvalue weighted by atomic mass is 10.0. The molecule has 8 heteroatoms. The fourth-order valence-corrected chi connectivity index (χ4v) is 5.71. The highest BCUT2D eigenvalue weighted by Crippen LogP contribution is 2.28. The number of pyridine rings is 1. The molecule has 0 amide bonds. The summed E-state index contributed by atoms with van der Waals surface area (Å²) in [4.78, 5) is 10.1. The Kier molecular flexibility index (Phi) is 5.82. The maximum absolute atomic E-state index is 11.8. The van der Waals surface area contributed by atoms with Crippen molar-refractivity contribution in [3.05, 3.63) is 72.6 Å². The molecule has 2 saturated heterocycles. The zero-order valence-electron chi connectivity index (χ0n) is 20.6. The third-order valence-electron chi connectivity index (χ3n) is 7.33. The van der Waals surface area contributed by atoms with E-state index in [4.69, 9.17) is 9.72 Å². The van der Waals surface area contributed by atoms with Crippen molar-refractivity contribution in [1.82, 2.24) is 14.3 Å². The molecule has 0 saturated carbocycles. The van der Waals surface area contributed by atoms with Gasteiger partial charge in [0.2, 0.25) is 0 Å². The van der Waals surface area contributed by atoms with Crippen LogP contribution in [-0.2, 0) is 14.6 Å². The number of benzene rings is 2. The van der Waals surface area contributed by atoms with Gasteiger partial charge in [0.05, 0.1) is 29.8 Å². The summed E-state index contributed by atoms with van der Waals surface area (Å²) < 4.78 is 30.9. The number of imidazole rings is 1. The summed E-state index contributed by atoms with van der Waals surface area (Å²) in [6, 6.07) is 18.5. The number of aromatic nitrogens is 2. The number of ether oxygens (including phenoxy) is 1. The van der Waals surface area contributed by atoms with Crippen molar-refractivity contribution < 1.29 is 13.2 Å². The van der Waals surface area contributed by atoms with E-state index in [1.807, 2.05) is 18.3 Å². The normalized spacial score (nSPS) is 17.4. The van der Waals surface area contributed by atoms with Gasteiger partial charge in [0, 0.05) is 56.1 Å². The van der Waals surface area contributed by atoms with Gasteiger partial charge in [-0.25, -0.2) is 13.4 Å². The van der Waals surface area contributed by atoms with Crippen molar-refractivity contribution in [2.75, 3.05) is 50.5 Å². The maximum atomic E-state index is 11.8. The van der Waals surface area contributed by atoms with E-state index in [2.05, 4.69) is 57.7 Å². The van der Waals surface area contributed by atoms with E-state index in [9.17, 15) is 8.42 Å². The Bertz CT molecular complexity index is 1500. The van der Waals surface area contributed by atoms with Gasteiger partial charge in [-0.05, 0) is 53.9 Å². The minimum absolute atomic E-state index is 0.312. The number of sulfone groups is 1. The summed E-state index contributed by atoms with van der Waals surface area (Å²) in [5.74, 6) is 0. The third-order valence-corrected chi connectivity index (χ3v) is 8.46. The lowest BCUT2D eigenvalue weighted by molar-refractivity contribution is -0.0660. The SMILES string of the molecule is Cc1cc(-c2ccc(N3CCN(C4COC4)CC3)cc2)cn2cc(-c3ccc(S(C)(=O)=O)cc3)nc12. The first-order chi connectivity index (χ1) is 17.3. The van der Waals surface area contributed by atoms with Crippen LogP contribution < -0.4 is 4.90 Å². The Morgan fingerprint density at radius 3 is 2.14 bits per heavy atom. The van der Waals surface area contributed by atoms with Crippen molar-refractivity contribution in [1.29, 1.82) is 0 Å². The predicted molar refractivity (Wildman–Crippen MR) is 142 cm³/mol. The van der Waals surface area contributed by atoms with Crippen molar-refractivity contribution in [2.45, 2.75) is 17.9 Å². The molecule has 0 atom stereocenters. The highest BCUT2D eigenvalue weighted by atomic mass is 32.2. The molecule has 2 aromatic carbocycles. The Morgan fingerprint density at radius 1 is 0.861 bits per heavy atom. The average Bonchev–Trinajstić information content (AvgIpc) is 3.28. The molecule has 7 nitrogen and oxygen atoms in total. The van der Waals surface area contributed by atoms with E-state index >= 15 is 0 Å². The summed E-state index contributed by atoms with van der Waals surface area (Å²) >= 11 is 0. The van der Waals surface area contributed by atoms with E-state index in [0.29, 0.717) is 10.9 Å². The van der Waals surface area contributed by atoms with Crippen LogP contribution in [0.25, 0.3) is 28.0 Å². The van der Waals surface area contributed by atoms with Crippen molar-refractivity contribution >= 4 is 21.2 Å². The Hall–Kier alpha value is -3.20. The molecule has 2 aromatic heterocycles. The summed E-state index contributed by atoms with van der Waals surface area (Å²) in [6.45, 7) is 8.10. The molecule has 0 N–H and O–H groups in total. The first-order valence-electron chi connectivity index (χ1n) is 12.3. The smallest absolute Gasteiger partial charge is 0.175 e. The monoisotopic (exact) mass is 502 g/mol. The van der Waals surface area contributed by atoms with Crippen LogP contribution in [0.5, 0.6) is 0 Å². The summed E-state index contributed by atoms with van der Waals surface area (Å²) in [7, 11) is -3.22. The molecule has 0 aliphatic carbocycles. The number of nitrogens with zero attached hydrogens (tertiary/aromatic N) is 4. The molecule has 4 heterocycles. The van der Waals surface area contributed by atoms with Gasteiger partial charge >= 0.3 is 0 Å². The Labute approximate surface area is 211 Å². The molecular weight excluding hydrogens is 472 g/mol. The molecule has 0 unspecified atom stereocenters. The fraction of sp³-hybridized carbons (Fsp3) is 0.321. The van der Waals surface area contributed by atoms with Gasteiger partial charge in [0.25, 0.3) is 0 Å². The number of aryl methyl sites for hydroxylation is 1. The minimum atomic E-state index is -3.22. The zero-order chi connectivity index (χ0) is 24.9. The van der Waals surface area contributed by atoms with Crippen LogP contribution in [0.1, 0.15) is 5.56 Å². The van der Waals surface area contributed by atoms with E-state index in [1.165, 1.54) is 17.5 Å². The summed E-state index contributed by atoms with van der Waals surface area (Å²) in [6.07, 6.45) is 5.33. The molecule has 186 valence electrons. The molecule has 0 radical (unpaired) electrons. The quantitative estimate of drug-likeness (QED) is 0.412. The van der Waals surface area contributed by atoms with Gasteiger partial charge in [-0.1, -0.05) is 24.3 Å². The lowest BCUT2D eigenvalue weighted by Crippen LogP contribution is -2.56. The van der Waals surface area contributed by atoms with Crippen molar-refractivity contribution in [3.8, 4) is 22.4 Å². The van der Waals surface area contributed by atoms with Crippen molar-refractivity contribution in [3.63, 3.8) is 0 Å². The Balaban J connectivity index is 1.21. The van der Waals surface area contributed by atoms with Crippen LogP contribution in [0.4, 0.5) is 5.69 Å². The average molecular weight is 503 g/mol. The molecule has 2 fully saturated rings. The lowest BCUT2D eigenvalue weighted by Gasteiger charge is -2.43. The van der Waals surface area contributed by atoms with Gasteiger partial charge in [-0.3, -0.25) is 4.90 Å². The molecular formula is C28H30N4O3S. The first kappa shape index (κ1) is 23.2. The summed E-state index contributed by atoms with van der Waals surface area (Å²) in [5, 5.41) is 0. The molecule has 36 heavy (non-hydrogen) atoms. The third kappa shape index (κ3) is 4.40. The zero-order valence-corrected chi connectivity index (χ0v) is 21.4. The van der Waals surface area contributed by atoms with Gasteiger partial charge in [-0.15, -0.1) is 0 Å². The number of anilines is 1. The molecule has 2 aliphatic heterocycles. The maximum Gasteiger partial charge on any atom is 0.175 e. The van der Waals surface area contributed by atoms with E-state index in [-0.39, 0.29) is 0 Å². The molecule has 6 rings (SSSR count). The van der Waals surface area contributed by atoms with Gasteiger partial charge in [-0.2, -0.15) is 0 Å². The van der Waals surface area contributed by atoms with E-state index in [1.54, 1.807) is 12.1 Å². The van der Waals surface area contributed by atoms with Crippen LogP contribution in [0.2, 0.25) is 0 Å². The van der Waals surface area contributed by atoms with Crippen LogP contribution in [0.3, 0.4) is 0 Å². The molecule has 2 aliphatic rings. The van der Waals surface area contributed by atoms with Gasteiger partial charge < -0.3 is 14.0 Å². The predicted octanol–water partition coefficient (Wildman–Crippen LogP) is 3.90. The van der Waals surface area contributed by atoms with Crippen LogP contribution in [-0.4, -0.2) is 74.4 Å². The second-order valence-electron chi connectivity index (χ2n) is 9.83. The number of hydrogen-bond acceptors (Lipinski definition) is 6. The van der Waals surface area contributed by atoms with Crippen molar-refractivity contribution in [2.24, 2.45) is 0 Å². The standard InChI is InChI=1S/C28H30N4O3S/c1-20-15-23(16-32-17-27(29-28(20)32)22-5-9-26(10-6-22)36(2,33)34)21-3-7-24(8-4-21)30-11-13-31(14-12-30)25-18-35-19-25/h3-10,15-17,25H,11-14,18-19H2,1-2H3. The number of rotatable bonds is 5. The van der Waals surface area contributed by atoms with E-state index in [0.717, 1.165) is 67.4 Å². The summed E-state index contributed by atoms with van der Waals surface area (Å²) in [5.41, 5.74) is 7.27. The number of piperazine rings is 1. The topological polar surface area (TPSA) is 67.2 Å². The Morgan fingerprint density at radius 2 is 1.53 bits per heavy atom. The van der Waals surface area contributed by atoms with Crippen LogP contribution in [0, 0.1) is 6.92 Å². The fourth-order valence-electron chi connectivity index (χ4n) is 5.08. The van der Waals surface area contributed by atoms with E-state index < -0.39 is 9.84 Å². The highest BCUT2D eigenvalue weighted by Gasteiger charge is 2.28. The van der Waals surface area contributed by atoms with Crippen LogP contribution >= 0.6 is 0 Å². The minimum Gasteiger partial charge on any atom is -0.378 e. The number of hydrogen-bond donors (Lipinski definition) is 0. The number of fused-ring (bicyclic) bond motifs is 1.